The number of ether oxygens (including phenoxy) is 2. The summed E-state index contributed by atoms with van der Waals surface area (Å²) in [6, 6.07) is 6.78. The first-order chi connectivity index (χ1) is 17.3. The van der Waals surface area contributed by atoms with Gasteiger partial charge in [0.25, 0.3) is 11.8 Å². The molecule has 0 radical (unpaired) electrons. The molecule has 0 saturated carbocycles. The molecule has 2 aliphatic rings. The van der Waals surface area contributed by atoms with Crippen molar-refractivity contribution in [1.29, 1.82) is 0 Å². The molecule has 1 N–H and O–H groups in total. The van der Waals surface area contributed by atoms with Gasteiger partial charge in [-0.3, -0.25) is 19.3 Å². The Morgan fingerprint density at radius 3 is 2.33 bits per heavy atom. The standard InChI is InChI=1S/C25H26F3N3O5/c1-35-13-10-29-22(32)21-15-36-25(31(21)23(33)16-2-4-17(26)5-3-16)8-11-30(12-9-25)24(34)19-7-6-18(27)14-20(19)28/h2-7,14,21H,8-13,15H2,1H3,(H,29,32). The molecule has 11 heteroatoms. The lowest BCUT2D eigenvalue weighted by Gasteiger charge is -2.44. The van der Waals surface area contributed by atoms with E-state index < -0.39 is 46.9 Å². The molecule has 3 amide bonds. The molecule has 4 rings (SSSR count). The van der Waals surface area contributed by atoms with Crippen molar-refractivity contribution < 1.29 is 37.0 Å². The van der Waals surface area contributed by atoms with Crippen LogP contribution >= 0.6 is 0 Å². The van der Waals surface area contributed by atoms with Gasteiger partial charge in [-0.05, 0) is 36.4 Å². The number of methoxy groups -OCH3 is 1. The number of hydrogen-bond donors (Lipinski definition) is 1. The number of benzene rings is 2. The minimum Gasteiger partial charge on any atom is -0.383 e. The predicted molar refractivity (Wildman–Crippen MR) is 121 cm³/mol. The third-order valence-corrected chi connectivity index (χ3v) is 6.47. The zero-order valence-electron chi connectivity index (χ0n) is 19.6. The van der Waals surface area contributed by atoms with Gasteiger partial charge in [0.2, 0.25) is 5.91 Å². The topological polar surface area (TPSA) is 88.2 Å². The smallest absolute Gasteiger partial charge is 0.256 e. The predicted octanol–water partition coefficient (Wildman–Crippen LogP) is 2.34. The van der Waals surface area contributed by atoms with Crippen LogP contribution in [0, 0.1) is 17.5 Å². The number of halogens is 3. The lowest BCUT2D eigenvalue weighted by Crippen LogP contribution is -2.60. The summed E-state index contributed by atoms with van der Waals surface area (Å²) in [6.07, 6.45) is 0.326. The van der Waals surface area contributed by atoms with Crippen LogP contribution in [0.1, 0.15) is 33.6 Å². The maximum absolute atomic E-state index is 14.2. The molecule has 192 valence electrons. The van der Waals surface area contributed by atoms with Crippen LogP contribution in [0.4, 0.5) is 13.2 Å². The van der Waals surface area contributed by atoms with E-state index in [0.717, 1.165) is 24.3 Å². The second-order valence-electron chi connectivity index (χ2n) is 8.66. The van der Waals surface area contributed by atoms with Crippen LogP contribution in [0.15, 0.2) is 42.5 Å². The Labute approximate surface area is 205 Å². The lowest BCUT2D eigenvalue weighted by molar-refractivity contribution is -0.128. The minimum absolute atomic E-state index is 0.0632. The van der Waals surface area contributed by atoms with E-state index in [-0.39, 0.29) is 56.8 Å². The molecule has 0 bridgehead atoms. The fourth-order valence-electron chi connectivity index (χ4n) is 4.59. The zero-order valence-corrected chi connectivity index (χ0v) is 19.6. The molecule has 2 aliphatic heterocycles. The van der Waals surface area contributed by atoms with Crippen LogP contribution in [0.5, 0.6) is 0 Å². The summed E-state index contributed by atoms with van der Waals surface area (Å²) in [5.41, 5.74) is -1.26. The number of likely N-dealkylation sites (tertiary alicyclic amines) is 1. The normalized spacial score (nSPS) is 18.9. The van der Waals surface area contributed by atoms with E-state index in [0.29, 0.717) is 6.07 Å². The average molecular weight is 505 g/mol. The van der Waals surface area contributed by atoms with Crippen LogP contribution in [-0.4, -0.2) is 79.2 Å². The fourth-order valence-corrected chi connectivity index (χ4v) is 4.59. The quantitative estimate of drug-likeness (QED) is 0.609. The summed E-state index contributed by atoms with van der Waals surface area (Å²) >= 11 is 0. The zero-order chi connectivity index (χ0) is 25.9. The second kappa shape index (κ2) is 10.7. The summed E-state index contributed by atoms with van der Waals surface area (Å²) in [6.45, 7) is 0.685. The number of amides is 3. The number of nitrogens with one attached hydrogen (secondary N) is 1. The lowest BCUT2D eigenvalue weighted by atomic mass is 9.96. The largest absolute Gasteiger partial charge is 0.383 e. The molecule has 2 aromatic rings. The van der Waals surface area contributed by atoms with Gasteiger partial charge in [0.05, 0.1) is 18.8 Å². The number of carbonyl (C=O) groups excluding carboxylic acids is 3. The van der Waals surface area contributed by atoms with Gasteiger partial charge < -0.3 is 19.7 Å². The van der Waals surface area contributed by atoms with Gasteiger partial charge in [-0.15, -0.1) is 0 Å². The van der Waals surface area contributed by atoms with E-state index in [1.807, 2.05) is 0 Å². The Morgan fingerprint density at radius 1 is 1.03 bits per heavy atom. The highest BCUT2D eigenvalue weighted by molar-refractivity contribution is 5.98. The van der Waals surface area contributed by atoms with E-state index in [4.69, 9.17) is 9.47 Å². The first kappa shape index (κ1) is 25.6. The monoisotopic (exact) mass is 505 g/mol. The van der Waals surface area contributed by atoms with Crippen molar-refractivity contribution >= 4 is 17.7 Å². The number of nitrogens with zero attached hydrogens (tertiary/aromatic N) is 2. The summed E-state index contributed by atoms with van der Waals surface area (Å²) in [7, 11) is 1.50. The minimum atomic E-state index is -1.19. The number of rotatable bonds is 6. The summed E-state index contributed by atoms with van der Waals surface area (Å²) < 4.78 is 51.9. The van der Waals surface area contributed by atoms with Crippen LogP contribution in [0.25, 0.3) is 0 Å². The molecule has 1 unspecified atom stereocenters. The molecule has 1 atom stereocenters. The maximum atomic E-state index is 14.2. The Hall–Kier alpha value is -3.44. The Balaban J connectivity index is 1.55. The molecular formula is C25H26F3N3O5. The van der Waals surface area contributed by atoms with Crippen LogP contribution < -0.4 is 5.32 Å². The van der Waals surface area contributed by atoms with E-state index >= 15 is 0 Å². The van der Waals surface area contributed by atoms with Crippen molar-refractivity contribution in [2.45, 2.75) is 24.6 Å². The molecule has 8 nitrogen and oxygen atoms in total. The molecular weight excluding hydrogens is 479 g/mol. The van der Waals surface area contributed by atoms with Crippen LogP contribution in [-0.2, 0) is 14.3 Å². The molecule has 2 heterocycles. The summed E-state index contributed by atoms with van der Waals surface area (Å²) in [4.78, 5) is 42.1. The van der Waals surface area contributed by atoms with Crippen molar-refractivity contribution in [2.75, 3.05) is 40.0 Å². The third-order valence-electron chi connectivity index (χ3n) is 6.47. The van der Waals surface area contributed by atoms with E-state index in [1.165, 1.54) is 29.0 Å². The van der Waals surface area contributed by atoms with E-state index in [1.54, 1.807) is 0 Å². The second-order valence-corrected chi connectivity index (χ2v) is 8.66. The molecule has 0 aliphatic carbocycles. The van der Waals surface area contributed by atoms with Gasteiger partial charge in [-0.2, -0.15) is 0 Å². The average Bonchev–Trinajstić information content (AvgIpc) is 3.22. The Bertz CT molecular complexity index is 1140. The molecule has 2 fully saturated rings. The van der Waals surface area contributed by atoms with Gasteiger partial charge >= 0.3 is 0 Å². The third kappa shape index (κ3) is 5.07. The molecule has 2 saturated heterocycles. The highest BCUT2D eigenvalue weighted by Crippen LogP contribution is 2.39. The van der Waals surface area contributed by atoms with Crippen molar-refractivity contribution in [3.63, 3.8) is 0 Å². The summed E-state index contributed by atoms with van der Waals surface area (Å²) in [5, 5.41) is 2.72. The fraction of sp³-hybridized carbons (Fsp3) is 0.400. The maximum Gasteiger partial charge on any atom is 0.256 e. The van der Waals surface area contributed by atoms with Gasteiger partial charge in [-0.25, -0.2) is 13.2 Å². The van der Waals surface area contributed by atoms with Crippen molar-refractivity contribution in [1.82, 2.24) is 15.1 Å². The van der Waals surface area contributed by atoms with E-state index in [2.05, 4.69) is 5.32 Å². The van der Waals surface area contributed by atoms with Crippen molar-refractivity contribution in [3.8, 4) is 0 Å². The molecule has 1 spiro atoms. The van der Waals surface area contributed by atoms with Gasteiger partial charge in [0.15, 0.2) is 0 Å². The number of hydrogen-bond acceptors (Lipinski definition) is 5. The highest BCUT2D eigenvalue weighted by Gasteiger charge is 2.54. The van der Waals surface area contributed by atoms with Crippen LogP contribution in [0.2, 0.25) is 0 Å². The number of carbonyl (C=O) groups is 3. The van der Waals surface area contributed by atoms with E-state index in [9.17, 15) is 27.6 Å². The highest BCUT2D eigenvalue weighted by atomic mass is 19.1. The Morgan fingerprint density at radius 2 is 1.69 bits per heavy atom. The summed E-state index contributed by atoms with van der Waals surface area (Å²) in [5.74, 6) is -3.79. The van der Waals surface area contributed by atoms with Crippen molar-refractivity contribution in [3.05, 3.63) is 71.0 Å². The van der Waals surface area contributed by atoms with Crippen molar-refractivity contribution in [2.24, 2.45) is 0 Å². The first-order valence-corrected chi connectivity index (χ1v) is 11.5. The van der Waals surface area contributed by atoms with Gasteiger partial charge in [0.1, 0.15) is 29.2 Å². The van der Waals surface area contributed by atoms with Gasteiger partial charge in [0, 0.05) is 51.2 Å². The molecule has 2 aromatic carbocycles. The Kier molecular flexibility index (Phi) is 7.60. The number of piperidine rings is 1. The van der Waals surface area contributed by atoms with Crippen LogP contribution in [0.3, 0.4) is 0 Å². The van der Waals surface area contributed by atoms with Gasteiger partial charge in [-0.1, -0.05) is 0 Å². The SMILES string of the molecule is COCCNC(=O)C1COC2(CCN(C(=O)c3ccc(F)cc3F)CC2)N1C(=O)c1ccc(F)cc1. The molecule has 0 aromatic heterocycles. The molecule has 36 heavy (non-hydrogen) atoms. The first-order valence-electron chi connectivity index (χ1n) is 11.5.